The van der Waals surface area contributed by atoms with E-state index in [9.17, 15) is 0 Å². The lowest BCUT2D eigenvalue weighted by Gasteiger charge is -2.13. The maximum atomic E-state index is 4.97. The molecule has 0 amide bonds. The molecule has 0 spiro atoms. The van der Waals surface area contributed by atoms with Crippen LogP contribution in [0.5, 0.6) is 0 Å². The average Bonchev–Trinajstić information content (AvgIpc) is 2.81. The summed E-state index contributed by atoms with van der Waals surface area (Å²) < 4.78 is 4.97. The Morgan fingerprint density at radius 1 is 1.40 bits per heavy atom. The highest BCUT2D eigenvalue weighted by Crippen LogP contribution is 2.26. The molecule has 82 valence electrons. The number of aromatic nitrogens is 2. The smallest absolute Gasteiger partial charge is 0.223 e. The van der Waals surface area contributed by atoms with Gasteiger partial charge in [-0.25, -0.2) is 0 Å². The van der Waals surface area contributed by atoms with Crippen molar-refractivity contribution in [1.82, 2.24) is 20.4 Å². The van der Waals surface area contributed by atoms with Crippen LogP contribution in [0.2, 0.25) is 0 Å². The van der Waals surface area contributed by atoms with E-state index >= 15 is 0 Å². The van der Waals surface area contributed by atoms with Crippen molar-refractivity contribution >= 4 is 0 Å². The molecule has 2 saturated heterocycles. The van der Waals surface area contributed by atoms with Gasteiger partial charge in [0.2, 0.25) is 5.89 Å². The summed E-state index contributed by atoms with van der Waals surface area (Å²) in [4.78, 5) is 6.66. The minimum Gasteiger partial charge on any atom is -0.340 e. The molecular formula is C10H16N4O. The Labute approximate surface area is 88.8 Å². The first kappa shape index (κ1) is 9.30. The van der Waals surface area contributed by atoms with Crippen molar-refractivity contribution in [3.63, 3.8) is 0 Å². The zero-order chi connectivity index (χ0) is 10.3. The highest BCUT2D eigenvalue weighted by molar-refractivity contribution is 4.93. The van der Waals surface area contributed by atoms with Crippen LogP contribution in [-0.2, 0) is 6.54 Å². The molecule has 3 heterocycles. The van der Waals surface area contributed by atoms with Crippen molar-refractivity contribution in [1.29, 1.82) is 0 Å². The maximum Gasteiger partial charge on any atom is 0.223 e. The minimum absolute atomic E-state index is 0.658. The quantitative estimate of drug-likeness (QED) is 0.743. The maximum absolute atomic E-state index is 4.97. The van der Waals surface area contributed by atoms with Crippen LogP contribution in [0, 0.1) is 18.8 Å². The van der Waals surface area contributed by atoms with E-state index in [4.69, 9.17) is 4.52 Å². The van der Waals surface area contributed by atoms with Gasteiger partial charge in [-0.1, -0.05) is 5.16 Å². The van der Waals surface area contributed by atoms with Gasteiger partial charge in [-0.05, 0) is 24.9 Å². The first-order chi connectivity index (χ1) is 7.31. The Balaban J connectivity index is 1.61. The molecule has 2 unspecified atom stereocenters. The van der Waals surface area contributed by atoms with Gasteiger partial charge in [0.1, 0.15) is 0 Å². The Morgan fingerprint density at radius 2 is 2.13 bits per heavy atom. The molecule has 2 aliphatic rings. The number of nitrogens with zero attached hydrogens (tertiary/aromatic N) is 3. The molecule has 0 aromatic carbocycles. The monoisotopic (exact) mass is 208 g/mol. The molecule has 0 bridgehead atoms. The predicted molar refractivity (Wildman–Crippen MR) is 54.2 cm³/mol. The Kier molecular flexibility index (Phi) is 2.21. The third-order valence-corrected chi connectivity index (χ3v) is 3.40. The molecule has 1 aromatic heterocycles. The second-order valence-corrected chi connectivity index (χ2v) is 4.60. The molecule has 3 rings (SSSR count). The van der Waals surface area contributed by atoms with Crippen molar-refractivity contribution in [2.45, 2.75) is 13.5 Å². The lowest BCUT2D eigenvalue weighted by molar-refractivity contribution is 0.290. The van der Waals surface area contributed by atoms with Crippen LogP contribution in [0.15, 0.2) is 4.52 Å². The summed E-state index contributed by atoms with van der Waals surface area (Å²) >= 11 is 0. The molecule has 5 heteroatoms. The Hall–Kier alpha value is -0.940. The molecule has 15 heavy (non-hydrogen) atoms. The normalized spacial score (nSPS) is 31.0. The molecule has 5 nitrogen and oxygen atoms in total. The van der Waals surface area contributed by atoms with Crippen molar-refractivity contribution in [3.8, 4) is 0 Å². The number of nitrogens with one attached hydrogen (secondary N) is 1. The standard InChI is InChI=1S/C10H16N4O/c1-7-12-10(13-15-7)6-14-4-8-2-11-3-9(8)5-14/h8-9,11H,2-6H2,1H3. The summed E-state index contributed by atoms with van der Waals surface area (Å²) in [5.74, 6) is 3.14. The fraction of sp³-hybridized carbons (Fsp3) is 0.800. The van der Waals surface area contributed by atoms with Crippen molar-refractivity contribution < 1.29 is 4.52 Å². The summed E-state index contributed by atoms with van der Waals surface area (Å²) in [6.07, 6.45) is 0. The van der Waals surface area contributed by atoms with E-state index in [0.717, 1.165) is 24.2 Å². The summed E-state index contributed by atoms with van der Waals surface area (Å²) in [5.41, 5.74) is 0. The number of fused-ring (bicyclic) bond motifs is 1. The molecule has 2 atom stereocenters. The van der Waals surface area contributed by atoms with E-state index in [1.165, 1.54) is 26.2 Å². The first-order valence-electron chi connectivity index (χ1n) is 5.53. The topological polar surface area (TPSA) is 54.2 Å². The largest absolute Gasteiger partial charge is 0.340 e. The van der Waals surface area contributed by atoms with Gasteiger partial charge < -0.3 is 9.84 Å². The zero-order valence-electron chi connectivity index (χ0n) is 8.94. The molecule has 1 aromatic rings. The molecule has 2 aliphatic heterocycles. The van der Waals surface area contributed by atoms with Crippen LogP contribution >= 0.6 is 0 Å². The van der Waals surface area contributed by atoms with Crippen LogP contribution in [0.1, 0.15) is 11.7 Å². The van der Waals surface area contributed by atoms with Gasteiger partial charge >= 0.3 is 0 Å². The number of hydrogen-bond acceptors (Lipinski definition) is 5. The fourth-order valence-electron chi connectivity index (χ4n) is 2.69. The van der Waals surface area contributed by atoms with Crippen molar-refractivity contribution in [2.24, 2.45) is 11.8 Å². The lowest BCUT2D eigenvalue weighted by Crippen LogP contribution is -2.25. The van der Waals surface area contributed by atoms with Crippen molar-refractivity contribution in [3.05, 3.63) is 11.7 Å². The number of likely N-dealkylation sites (tertiary alicyclic amines) is 1. The van der Waals surface area contributed by atoms with Crippen molar-refractivity contribution in [2.75, 3.05) is 26.2 Å². The number of aryl methyl sites for hydroxylation is 1. The lowest BCUT2D eigenvalue weighted by atomic mass is 10.0. The number of rotatable bonds is 2. The molecular weight excluding hydrogens is 192 g/mol. The van der Waals surface area contributed by atoms with Gasteiger partial charge in [-0.3, -0.25) is 4.90 Å². The Morgan fingerprint density at radius 3 is 2.73 bits per heavy atom. The van der Waals surface area contributed by atoms with Gasteiger partial charge in [0.05, 0.1) is 6.54 Å². The predicted octanol–water partition coefficient (Wildman–Crippen LogP) is 0.0292. The molecule has 0 saturated carbocycles. The van der Waals surface area contributed by atoms with E-state index in [-0.39, 0.29) is 0 Å². The second kappa shape index (κ2) is 3.57. The van der Waals surface area contributed by atoms with Crippen LogP contribution < -0.4 is 5.32 Å². The summed E-state index contributed by atoms with van der Waals surface area (Å²) in [6.45, 7) is 7.36. The fourth-order valence-corrected chi connectivity index (χ4v) is 2.69. The van der Waals surface area contributed by atoms with Crippen LogP contribution in [-0.4, -0.2) is 41.2 Å². The van der Waals surface area contributed by atoms with Gasteiger partial charge in [0.15, 0.2) is 5.82 Å². The zero-order valence-corrected chi connectivity index (χ0v) is 8.94. The summed E-state index contributed by atoms with van der Waals surface area (Å²) in [6, 6.07) is 0. The highest BCUT2D eigenvalue weighted by atomic mass is 16.5. The molecule has 0 radical (unpaired) electrons. The highest BCUT2D eigenvalue weighted by Gasteiger charge is 2.36. The van der Waals surface area contributed by atoms with Gasteiger partial charge in [0, 0.05) is 20.0 Å². The second-order valence-electron chi connectivity index (χ2n) is 4.60. The van der Waals surface area contributed by atoms with Gasteiger partial charge in [0.25, 0.3) is 0 Å². The van der Waals surface area contributed by atoms with Gasteiger partial charge in [-0.15, -0.1) is 0 Å². The van der Waals surface area contributed by atoms with E-state index in [0.29, 0.717) is 5.89 Å². The average molecular weight is 208 g/mol. The van der Waals surface area contributed by atoms with Crippen LogP contribution in [0.4, 0.5) is 0 Å². The van der Waals surface area contributed by atoms with Gasteiger partial charge in [-0.2, -0.15) is 4.98 Å². The number of hydrogen-bond donors (Lipinski definition) is 1. The minimum atomic E-state index is 0.658. The molecule has 1 N–H and O–H groups in total. The first-order valence-corrected chi connectivity index (χ1v) is 5.53. The van der Waals surface area contributed by atoms with E-state index in [1.807, 2.05) is 6.92 Å². The third-order valence-electron chi connectivity index (χ3n) is 3.40. The van der Waals surface area contributed by atoms with E-state index in [1.54, 1.807) is 0 Å². The summed E-state index contributed by atoms with van der Waals surface area (Å²) in [7, 11) is 0. The van der Waals surface area contributed by atoms with E-state index < -0.39 is 0 Å². The van der Waals surface area contributed by atoms with Crippen LogP contribution in [0.3, 0.4) is 0 Å². The summed E-state index contributed by atoms with van der Waals surface area (Å²) in [5, 5.41) is 7.37. The molecule has 2 fully saturated rings. The SMILES string of the molecule is Cc1nc(CN2CC3CNCC3C2)no1. The third kappa shape index (κ3) is 1.77. The van der Waals surface area contributed by atoms with E-state index in [2.05, 4.69) is 20.4 Å². The Bertz CT molecular complexity index is 339. The molecule has 0 aliphatic carbocycles. The van der Waals surface area contributed by atoms with Crippen LogP contribution in [0.25, 0.3) is 0 Å².